The van der Waals surface area contributed by atoms with Crippen LogP contribution in [0.4, 0.5) is 5.69 Å². The molecule has 0 atom stereocenters. The summed E-state index contributed by atoms with van der Waals surface area (Å²) in [5, 5.41) is 9.50. The lowest BCUT2D eigenvalue weighted by atomic mass is 10.2. The Kier molecular flexibility index (Phi) is 3.59. The van der Waals surface area contributed by atoms with Gasteiger partial charge in [-0.05, 0) is 26.0 Å². The first-order chi connectivity index (χ1) is 6.72. The smallest absolute Gasteiger partial charge is 0.188 e. The van der Waals surface area contributed by atoms with E-state index in [1.165, 1.54) is 0 Å². The zero-order valence-corrected chi connectivity index (χ0v) is 8.53. The fraction of sp³-hybridized carbons (Fsp3) is 0.400. The maximum absolute atomic E-state index is 9.50. The number of anilines is 1. The Morgan fingerprint density at radius 3 is 2.43 bits per heavy atom. The van der Waals surface area contributed by atoms with Crippen LogP contribution < -0.4 is 15.6 Å². The molecule has 0 saturated heterocycles. The summed E-state index contributed by atoms with van der Waals surface area (Å²) in [6.45, 7) is 5.93. The first-order valence-electron chi connectivity index (χ1n) is 4.67. The van der Waals surface area contributed by atoms with Gasteiger partial charge in [0.1, 0.15) is 0 Å². The summed E-state index contributed by atoms with van der Waals surface area (Å²) in [6.07, 6.45) is 0. The molecular formula is C10H16N2O2. The number of nitrogens with zero attached hydrogens (tertiary/aromatic N) is 1. The normalized spacial score (nSPS) is 9.93. The van der Waals surface area contributed by atoms with Gasteiger partial charge in [0, 0.05) is 24.8 Å². The van der Waals surface area contributed by atoms with Crippen LogP contribution in [0.3, 0.4) is 0 Å². The molecule has 0 bridgehead atoms. The molecule has 0 aliphatic carbocycles. The van der Waals surface area contributed by atoms with Crippen LogP contribution in [0.1, 0.15) is 13.8 Å². The molecule has 1 rings (SSSR count). The van der Waals surface area contributed by atoms with Crippen LogP contribution in [0.5, 0.6) is 11.5 Å². The van der Waals surface area contributed by atoms with Gasteiger partial charge in [-0.15, -0.1) is 0 Å². The number of rotatable bonds is 4. The third-order valence-electron chi connectivity index (χ3n) is 2.20. The van der Waals surface area contributed by atoms with Crippen molar-refractivity contribution in [2.24, 2.45) is 5.90 Å². The van der Waals surface area contributed by atoms with E-state index in [0.717, 1.165) is 18.8 Å². The molecule has 3 N–H and O–H groups in total. The van der Waals surface area contributed by atoms with Gasteiger partial charge in [-0.25, -0.2) is 0 Å². The van der Waals surface area contributed by atoms with Crippen LogP contribution in [-0.4, -0.2) is 18.2 Å². The van der Waals surface area contributed by atoms with Crippen molar-refractivity contribution in [2.75, 3.05) is 18.0 Å². The lowest BCUT2D eigenvalue weighted by Gasteiger charge is -2.21. The van der Waals surface area contributed by atoms with Crippen molar-refractivity contribution in [3.05, 3.63) is 18.2 Å². The number of hydrogen-bond donors (Lipinski definition) is 2. The van der Waals surface area contributed by atoms with E-state index in [2.05, 4.69) is 23.6 Å². The van der Waals surface area contributed by atoms with Gasteiger partial charge in [-0.1, -0.05) is 0 Å². The van der Waals surface area contributed by atoms with Crippen molar-refractivity contribution in [3.8, 4) is 11.5 Å². The quantitative estimate of drug-likeness (QED) is 0.716. The van der Waals surface area contributed by atoms with Crippen LogP contribution in [0.2, 0.25) is 0 Å². The highest BCUT2D eigenvalue weighted by molar-refractivity contribution is 5.55. The van der Waals surface area contributed by atoms with Crippen LogP contribution in [0, 0.1) is 0 Å². The Bertz CT molecular complexity index is 298. The van der Waals surface area contributed by atoms with Crippen LogP contribution in [0.15, 0.2) is 18.2 Å². The lowest BCUT2D eigenvalue weighted by molar-refractivity contribution is 0.313. The number of phenols is 1. The monoisotopic (exact) mass is 196 g/mol. The van der Waals surface area contributed by atoms with Crippen LogP contribution in [0.25, 0.3) is 0 Å². The molecule has 1 aromatic carbocycles. The summed E-state index contributed by atoms with van der Waals surface area (Å²) >= 11 is 0. The van der Waals surface area contributed by atoms with Gasteiger partial charge in [-0.3, -0.25) is 0 Å². The molecule has 0 radical (unpaired) electrons. The predicted octanol–water partition coefficient (Wildman–Crippen LogP) is 1.49. The largest absolute Gasteiger partial charge is 0.504 e. The van der Waals surface area contributed by atoms with E-state index >= 15 is 0 Å². The van der Waals surface area contributed by atoms with Gasteiger partial charge >= 0.3 is 0 Å². The van der Waals surface area contributed by atoms with Crippen molar-refractivity contribution >= 4 is 5.69 Å². The van der Waals surface area contributed by atoms with E-state index in [4.69, 9.17) is 5.90 Å². The fourth-order valence-electron chi connectivity index (χ4n) is 1.39. The van der Waals surface area contributed by atoms with Crippen molar-refractivity contribution in [1.29, 1.82) is 0 Å². The van der Waals surface area contributed by atoms with E-state index in [-0.39, 0.29) is 5.75 Å². The van der Waals surface area contributed by atoms with Crippen LogP contribution in [-0.2, 0) is 0 Å². The molecule has 0 unspecified atom stereocenters. The van der Waals surface area contributed by atoms with E-state index < -0.39 is 0 Å². The van der Waals surface area contributed by atoms with Gasteiger partial charge < -0.3 is 14.8 Å². The molecule has 4 heteroatoms. The zero-order chi connectivity index (χ0) is 10.6. The van der Waals surface area contributed by atoms with Gasteiger partial charge in [-0.2, -0.15) is 5.90 Å². The van der Waals surface area contributed by atoms with Crippen molar-refractivity contribution in [3.63, 3.8) is 0 Å². The highest BCUT2D eigenvalue weighted by Gasteiger charge is 2.06. The summed E-state index contributed by atoms with van der Waals surface area (Å²) < 4.78 is 0. The molecule has 14 heavy (non-hydrogen) atoms. The third kappa shape index (κ3) is 2.09. The maximum atomic E-state index is 9.50. The molecule has 78 valence electrons. The molecule has 0 heterocycles. The Labute approximate surface area is 83.9 Å². The highest BCUT2D eigenvalue weighted by Crippen LogP contribution is 2.29. The molecule has 0 saturated carbocycles. The Hall–Kier alpha value is -1.42. The van der Waals surface area contributed by atoms with E-state index in [0.29, 0.717) is 5.75 Å². The number of aromatic hydroxyl groups is 1. The molecular weight excluding hydrogens is 180 g/mol. The average Bonchev–Trinajstić information content (AvgIpc) is 2.20. The summed E-state index contributed by atoms with van der Waals surface area (Å²) in [5.41, 5.74) is 0.966. The molecule has 0 fully saturated rings. The van der Waals surface area contributed by atoms with Gasteiger partial charge in [0.15, 0.2) is 11.5 Å². The third-order valence-corrected chi connectivity index (χ3v) is 2.20. The summed E-state index contributed by atoms with van der Waals surface area (Å²) in [6, 6.07) is 5.17. The second-order valence-corrected chi connectivity index (χ2v) is 2.94. The number of benzene rings is 1. The van der Waals surface area contributed by atoms with Gasteiger partial charge in [0.2, 0.25) is 0 Å². The van der Waals surface area contributed by atoms with E-state index in [1.54, 1.807) is 12.1 Å². The first-order valence-corrected chi connectivity index (χ1v) is 4.67. The molecule has 0 aliphatic rings. The molecule has 0 aromatic heterocycles. The van der Waals surface area contributed by atoms with Crippen molar-refractivity contribution < 1.29 is 9.94 Å². The van der Waals surface area contributed by atoms with Gasteiger partial charge in [0.05, 0.1) is 0 Å². The highest BCUT2D eigenvalue weighted by atomic mass is 16.6. The molecule has 4 nitrogen and oxygen atoms in total. The summed E-state index contributed by atoms with van der Waals surface area (Å²) in [4.78, 5) is 6.60. The lowest BCUT2D eigenvalue weighted by Crippen LogP contribution is -2.21. The minimum atomic E-state index is 0.0666. The molecule has 0 aliphatic heterocycles. The fourth-order valence-corrected chi connectivity index (χ4v) is 1.39. The Morgan fingerprint density at radius 1 is 1.36 bits per heavy atom. The van der Waals surface area contributed by atoms with Crippen molar-refractivity contribution in [2.45, 2.75) is 13.8 Å². The minimum absolute atomic E-state index is 0.0666. The molecule has 0 spiro atoms. The SMILES string of the molecule is CCN(CC)c1ccc(ON)c(O)c1. The minimum Gasteiger partial charge on any atom is -0.504 e. The second-order valence-electron chi connectivity index (χ2n) is 2.94. The standard InChI is InChI=1S/C10H16N2O2/c1-3-12(4-2)8-5-6-10(14-11)9(13)7-8/h5-7,13H,3-4,11H2,1-2H3. The molecule has 0 amide bonds. The second kappa shape index (κ2) is 4.72. The average molecular weight is 196 g/mol. The topological polar surface area (TPSA) is 58.7 Å². The van der Waals surface area contributed by atoms with Crippen molar-refractivity contribution in [1.82, 2.24) is 0 Å². The summed E-state index contributed by atoms with van der Waals surface area (Å²) in [7, 11) is 0. The van der Waals surface area contributed by atoms with Crippen LogP contribution >= 0.6 is 0 Å². The number of phenolic OH excluding ortho intramolecular Hbond substituents is 1. The number of nitrogens with two attached hydrogens (primary N) is 1. The predicted molar refractivity (Wildman–Crippen MR) is 56.5 cm³/mol. The Balaban J connectivity index is 2.95. The van der Waals surface area contributed by atoms with Gasteiger partial charge in [0.25, 0.3) is 0 Å². The van der Waals surface area contributed by atoms with E-state index in [9.17, 15) is 5.11 Å². The Morgan fingerprint density at radius 2 is 2.00 bits per heavy atom. The first kappa shape index (κ1) is 10.7. The zero-order valence-electron chi connectivity index (χ0n) is 8.53. The molecule has 1 aromatic rings. The van der Waals surface area contributed by atoms with E-state index in [1.807, 2.05) is 6.07 Å². The summed E-state index contributed by atoms with van der Waals surface area (Å²) in [5.74, 6) is 5.33. The maximum Gasteiger partial charge on any atom is 0.188 e. The number of hydrogen-bond acceptors (Lipinski definition) is 4.